The van der Waals surface area contributed by atoms with Crippen molar-refractivity contribution in [3.63, 3.8) is 0 Å². The van der Waals surface area contributed by atoms with Crippen LogP contribution in [0.5, 0.6) is 0 Å². The fourth-order valence-corrected chi connectivity index (χ4v) is 7.44. The molecule has 0 amide bonds. The highest BCUT2D eigenvalue weighted by molar-refractivity contribution is 6.16. The Hall–Kier alpha value is -1.11. The van der Waals surface area contributed by atoms with Gasteiger partial charge in [0.05, 0.1) is 6.61 Å². The Morgan fingerprint density at radius 2 is 0.529 bits per heavy atom. The van der Waals surface area contributed by atoms with Gasteiger partial charge in [-0.05, 0) is 19.3 Å². The molecule has 0 saturated heterocycles. The first-order chi connectivity index (χ1) is 24.8. The third-order valence-electron chi connectivity index (χ3n) is 11.1. The average molecular weight is 723 g/mol. The summed E-state index contributed by atoms with van der Waals surface area (Å²) in [6, 6.07) is 0. The maximum atomic E-state index is 13.6. The van der Waals surface area contributed by atoms with Crippen LogP contribution in [-0.2, 0) is 14.4 Å². The van der Waals surface area contributed by atoms with Crippen molar-refractivity contribution in [3.05, 3.63) is 0 Å². The van der Waals surface area contributed by atoms with Crippen molar-refractivity contribution in [2.24, 2.45) is 0 Å². The summed E-state index contributed by atoms with van der Waals surface area (Å²) in [6.45, 7) is 5.53. The molecule has 0 aromatic rings. The number of aliphatic hydroxyl groups excluding tert-OH is 1. The molecule has 51 heavy (non-hydrogen) atoms. The minimum absolute atomic E-state index is 0.0756. The average Bonchev–Trinajstić information content (AvgIpc) is 3.13. The van der Waals surface area contributed by atoms with Crippen LogP contribution in [0.25, 0.3) is 0 Å². The highest BCUT2D eigenvalue weighted by atomic mass is 16.4. The second-order valence-electron chi connectivity index (χ2n) is 15.9. The molecule has 0 aliphatic carbocycles. The van der Waals surface area contributed by atoms with Crippen molar-refractivity contribution in [1.29, 1.82) is 0 Å². The van der Waals surface area contributed by atoms with E-state index in [1.807, 2.05) is 0 Å². The van der Waals surface area contributed by atoms with Gasteiger partial charge in [-0.25, -0.2) is 0 Å². The molecule has 0 radical (unpaired) electrons. The minimum Gasteiger partial charge on any atom is -0.393 e. The molecule has 0 heterocycles. The zero-order valence-electron chi connectivity index (χ0n) is 34.2. The van der Waals surface area contributed by atoms with Crippen LogP contribution in [0.4, 0.5) is 0 Å². The summed E-state index contributed by atoms with van der Waals surface area (Å²) < 4.78 is 0. The first-order valence-corrected chi connectivity index (χ1v) is 22.4. The fraction of sp³-hybridized carbons (Fsp3) is 0.933. The van der Waals surface area contributed by atoms with Gasteiger partial charge in [0.15, 0.2) is 23.0 Å². The van der Waals surface area contributed by atoms with E-state index in [1.54, 1.807) is 0 Å². The van der Waals surface area contributed by atoms with Crippen LogP contribution in [0, 0.1) is 0 Å². The van der Waals surface area contributed by atoms with E-state index in [-0.39, 0.29) is 19.3 Å². The summed E-state index contributed by atoms with van der Waals surface area (Å²) in [5.41, 5.74) is -5.72. The third-order valence-corrected chi connectivity index (χ3v) is 11.1. The van der Waals surface area contributed by atoms with Gasteiger partial charge in [-0.3, -0.25) is 14.4 Å². The smallest absolute Gasteiger partial charge is 0.219 e. The molecule has 0 fully saturated rings. The molecule has 1 unspecified atom stereocenters. The Bertz CT molecular complexity index is 788. The van der Waals surface area contributed by atoms with Crippen molar-refractivity contribution < 1.29 is 29.7 Å². The lowest BCUT2D eigenvalue weighted by Crippen LogP contribution is -2.69. The fourth-order valence-electron chi connectivity index (χ4n) is 7.44. The molecule has 0 spiro atoms. The summed E-state index contributed by atoms with van der Waals surface area (Å²) in [5, 5.41) is 33.7. The van der Waals surface area contributed by atoms with Crippen molar-refractivity contribution in [3.8, 4) is 0 Å². The maximum absolute atomic E-state index is 13.6. The van der Waals surface area contributed by atoms with Gasteiger partial charge in [0.2, 0.25) is 5.60 Å². The first kappa shape index (κ1) is 49.9. The Kier molecular flexibility index (Phi) is 33.9. The lowest BCUT2D eigenvalue weighted by Gasteiger charge is -2.39. The number of aliphatic hydroxyl groups is 3. The summed E-state index contributed by atoms with van der Waals surface area (Å²) >= 11 is 0. The highest BCUT2D eigenvalue weighted by Crippen LogP contribution is 2.32. The number of hydrogen-bond acceptors (Lipinski definition) is 6. The van der Waals surface area contributed by atoms with E-state index in [4.69, 9.17) is 0 Å². The van der Waals surface area contributed by atoms with E-state index in [0.29, 0.717) is 19.3 Å². The molecule has 302 valence electrons. The van der Waals surface area contributed by atoms with Crippen LogP contribution < -0.4 is 0 Å². The largest absolute Gasteiger partial charge is 0.393 e. The van der Waals surface area contributed by atoms with E-state index in [1.165, 1.54) is 135 Å². The van der Waals surface area contributed by atoms with Gasteiger partial charge in [0.25, 0.3) is 0 Å². The van der Waals surface area contributed by atoms with E-state index in [9.17, 15) is 29.7 Å². The molecule has 0 aromatic heterocycles. The number of carbonyl (C=O) groups excluding carboxylic acids is 3. The molecule has 0 bridgehead atoms. The van der Waals surface area contributed by atoms with Gasteiger partial charge in [-0.1, -0.05) is 213 Å². The Balaban J connectivity index is 5.03. The van der Waals surface area contributed by atoms with Gasteiger partial charge in [0.1, 0.15) is 0 Å². The monoisotopic (exact) mass is 723 g/mol. The minimum atomic E-state index is -2.91. The molecule has 6 nitrogen and oxygen atoms in total. The van der Waals surface area contributed by atoms with Crippen LogP contribution in [0.1, 0.15) is 252 Å². The van der Waals surface area contributed by atoms with Crippen LogP contribution >= 0.6 is 0 Å². The van der Waals surface area contributed by atoms with Crippen molar-refractivity contribution in [1.82, 2.24) is 0 Å². The van der Waals surface area contributed by atoms with E-state index < -0.39 is 35.2 Å². The van der Waals surface area contributed by atoms with Gasteiger partial charge >= 0.3 is 0 Å². The second-order valence-corrected chi connectivity index (χ2v) is 15.9. The molecule has 6 heteroatoms. The normalized spacial score (nSPS) is 13.1. The number of ketones is 3. The molecule has 0 saturated carbocycles. The highest BCUT2D eigenvalue weighted by Gasteiger charge is 2.62. The van der Waals surface area contributed by atoms with Crippen molar-refractivity contribution in [2.45, 2.75) is 263 Å². The standard InChI is InChI=1S/C45H86O6/c1-4-7-10-13-16-19-22-25-28-31-34-37-41(47)44(50,40-46)45(51,42(48)38-35-32-29-26-23-20-17-14-11-8-5-2)43(49)39-36-33-30-27-24-21-18-15-12-9-6-3/h46,50-51H,4-40H2,1-3H3. The van der Waals surface area contributed by atoms with E-state index in [0.717, 1.165) is 57.8 Å². The van der Waals surface area contributed by atoms with Crippen LogP contribution in [0.15, 0.2) is 0 Å². The number of unbranched alkanes of at least 4 members (excludes halogenated alkanes) is 30. The van der Waals surface area contributed by atoms with Gasteiger partial charge in [0, 0.05) is 19.3 Å². The Morgan fingerprint density at radius 1 is 0.333 bits per heavy atom. The predicted molar refractivity (Wildman–Crippen MR) is 215 cm³/mol. The molecule has 0 aliphatic rings. The van der Waals surface area contributed by atoms with E-state index >= 15 is 0 Å². The summed E-state index contributed by atoms with van der Waals surface area (Å²) in [6.07, 6.45) is 36.2. The van der Waals surface area contributed by atoms with E-state index in [2.05, 4.69) is 20.8 Å². The Labute approximate surface area is 316 Å². The molecule has 0 aromatic carbocycles. The van der Waals surface area contributed by atoms with Gasteiger partial charge in [-0.15, -0.1) is 0 Å². The quantitative estimate of drug-likeness (QED) is 0.0428. The lowest BCUT2D eigenvalue weighted by molar-refractivity contribution is -0.194. The van der Waals surface area contributed by atoms with Crippen LogP contribution in [0.2, 0.25) is 0 Å². The molecule has 0 aliphatic heterocycles. The molecular formula is C45H86O6. The number of Topliss-reactive ketones (excluding diaryl/α,β-unsaturated/α-hetero) is 3. The maximum Gasteiger partial charge on any atom is 0.219 e. The summed E-state index contributed by atoms with van der Waals surface area (Å²) in [4.78, 5) is 40.7. The van der Waals surface area contributed by atoms with Crippen molar-refractivity contribution in [2.75, 3.05) is 6.61 Å². The predicted octanol–water partition coefficient (Wildman–Crippen LogP) is 12.3. The summed E-state index contributed by atoms with van der Waals surface area (Å²) in [7, 11) is 0. The van der Waals surface area contributed by atoms with Crippen LogP contribution in [-0.4, -0.2) is 50.5 Å². The number of hydrogen-bond donors (Lipinski definition) is 3. The lowest BCUT2D eigenvalue weighted by atomic mass is 9.71. The second kappa shape index (κ2) is 34.6. The molecule has 3 N–H and O–H groups in total. The van der Waals surface area contributed by atoms with Gasteiger partial charge in [-0.2, -0.15) is 0 Å². The first-order valence-electron chi connectivity index (χ1n) is 22.4. The van der Waals surface area contributed by atoms with Crippen molar-refractivity contribution >= 4 is 17.3 Å². The number of rotatable bonds is 41. The topological polar surface area (TPSA) is 112 Å². The molecule has 0 rings (SSSR count). The number of carbonyl (C=O) groups is 3. The van der Waals surface area contributed by atoms with Gasteiger partial charge < -0.3 is 15.3 Å². The zero-order valence-corrected chi connectivity index (χ0v) is 34.2. The van der Waals surface area contributed by atoms with Crippen LogP contribution in [0.3, 0.4) is 0 Å². The zero-order chi connectivity index (χ0) is 37.9. The molecule has 1 atom stereocenters. The Morgan fingerprint density at radius 3 is 0.745 bits per heavy atom. The third kappa shape index (κ3) is 23.3. The SMILES string of the molecule is CCCCCCCCCCCCCC(=O)C(O)(CO)C(O)(C(=O)CCCCCCCCCCCCC)C(=O)CCCCCCCCCCCCC. The summed E-state index contributed by atoms with van der Waals surface area (Å²) in [5.74, 6) is -2.45. The molecular weight excluding hydrogens is 636 g/mol.